The first-order valence-corrected chi connectivity index (χ1v) is 4.24. The normalized spacial score (nSPS) is 9.79. The topological polar surface area (TPSA) is 63.8 Å². The third-order valence-electron chi connectivity index (χ3n) is 1.85. The second-order valence-electron chi connectivity index (χ2n) is 2.80. The molecule has 0 saturated carbocycles. The van der Waals surface area contributed by atoms with Crippen molar-refractivity contribution >= 4 is 5.82 Å². The van der Waals surface area contributed by atoms with E-state index in [2.05, 4.69) is 15.4 Å². The second-order valence-corrected chi connectivity index (χ2v) is 2.80. The number of nitrogens with two attached hydrogens (primary N) is 1. The second kappa shape index (κ2) is 3.85. The van der Waals surface area contributed by atoms with Gasteiger partial charge < -0.3 is 5.43 Å². The molecule has 0 fully saturated rings. The van der Waals surface area contributed by atoms with E-state index < -0.39 is 0 Å². The molecule has 0 bridgehead atoms. The minimum absolute atomic E-state index is 0.561. The van der Waals surface area contributed by atoms with Crippen molar-refractivity contribution in [3.63, 3.8) is 0 Å². The number of hydrogen-bond donors (Lipinski definition) is 2. The van der Waals surface area contributed by atoms with Crippen LogP contribution in [-0.2, 0) is 0 Å². The number of nitrogen functional groups attached to an aromatic ring is 1. The Labute approximate surface area is 81.8 Å². The molecule has 70 valence electrons. The van der Waals surface area contributed by atoms with Crippen molar-refractivity contribution in [1.82, 2.24) is 9.97 Å². The van der Waals surface area contributed by atoms with E-state index in [0.717, 1.165) is 11.3 Å². The fourth-order valence-corrected chi connectivity index (χ4v) is 1.18. The Kier molecular flexibility index (Phi) is 2.38. The van der Waals surface area contributed by atoms with Crippen LogP contribution in [0.5, 0.6) is 0 Å². The van der Waals surface area contributed by atoms with Crippen LogP contribution in [0, 0.1) is 0 Å². The first kappa shape index (κ1) is 8.65. The molecule has 0 amide bonds. The monoisotopic (exact) mass is 186 g/mol. The van der Waals surface area contributed by atoms with Gasteiger partial charge in [-0.1, -0.05) is 30.3 Å². The highest BCUT2D eigenvalue weighted by Gasteiger charge is 1.99. The summed E-state index contributed by atoms with van der Waals surface area (Å²) in [7, 11) is 0. The van der Waals surface area contributed by atoms with Crippen molar-refractivity contribution in [3.8, 4) is 11.3 Å². The number of hydrazine groups is 1. The van der Waals surface area contributed by atoms with E-state index in [1.54, 1.807) is 12.4 Å². The average Bonchev–Trinajstić information content (AvgIpc) is 2.30. The van der Waals surface area contributed by atoms with Crippen molar-refractivity contribution in [2.24, 2.45) is 5.84 Å². The van der Waals surface area contributed by atoms with Gasteiger partial charge in [0.1, 0.15) is 0 Å². The summed E-state index contributed by atoms with van der Waals surface area (Å²) in [6.45, 7) is 0. The van der Waals surface area contributed by atoms with E-state index in [1.807, 2.05) is 30.3 Å². The molecule has 0 aliphatic carbocycles. The lowest BCUT2D eigenvalue weighted by molar-refractivity contribution is 1.16. The van der Waals surface area contributed by atoms with E-state index in [1.165, 1.54) is 0 Å². The molecule has 1 aromatic carbocycles. The van der Waals surface area contributed by atoms with Crippen molar-refractivity contribution in [3.05, 3.63) is 42.7 Å². The molecule has 1 aromatic heterocycles. The molecule has 2 aromatic rings. The fraction of sp³-hybridized carbons (Fsp3) is 0. The SMILES string of the molecule is NNc1cncc(-c2ccccc2)n1. The molecule has 0 saturated heterocycles. The summed E-state index contributed by atoms with van der Waals surface area (Å²) in [6, 6.07) is 9.83. The number of nitrogens with one attached hydrogen (secondary N) is 1. The standard InChI is InChI=1S/C10H10N4/c11-14-10-7-12-6-9(13-10)8-4-2-1-3-5-8/h1-7H,11H2,(H,13,14). The van der Waals surface area contributed by atoms with Gasteiger partial charge in [-0.15, -0.1) is 0 Å². The first-order valence-electron chi connectivity index (χ1n) is 4.24. The third kappa shape index (κ3) is 1.70. The Balaban J connectivity index is 2.42. The lowest BCUT2D eigenvalue weighted by atomic mass is 10.2. The van der Waals surface area contributed by atoms with Gasteiger partial charge in [0, 0.05) is 5.56 Å². The number of benzene rings is 1. The van der Waals surface area contributed by atoms with E-state index in [-0.39, 0.29) is 0 Å². The van der Waals surface area contributed by atoms with E-state index >= 15 is 0 Å². The molecule has 0 radical (unpaired) electrons. The Bertz CT molecular complexity index is 413. The first-order chi connectivity index (χ1) is 6.90. The van der Waals surface area contributed by atoms with Crippen LogP contribution < -0.4 is 11.3 Å². The molecule has 0 spiro atoms. The van der Waals surface area contributed by atoms with Crippen LogP contribution >= 0.6 is 0 Å². The summed E-state index contributed by atoms with van der Waals surface area (Å²) in [5, 5.41) is 0. The minimum atomic E-state index is 0.561. The molecule has 0 atom stereocenters. The Morgan fingerprint density at radius 2 is 1.86 bits per heavy atom. The molecule has 14 heavy (non-hydrogen) atoms. The molecule has 0 unspecified atom stereocenters. The van der Waals surface area contributed by atoms with Gasteiger partial charge in [0.15, 0.2) is 5.82 Å². The Morgan fingerprint density at radius 1 is 1.07 bits per heavy atom. The van der Waals surface area contributed by atoms with Gasteiger partial charge in [0.05, 0.1) is 18.1 Å². The number of rotatable bonds is 2. The van der Waals surface area contributed by atoms with Gasteiger partial charge in [0.25, 0.3) is 0 Å². The minimum Gasteiger partial charge on any atom is -0.307 e. The smallest absolute Gasteiger partial charge is 0.159 e. The third-order valence-corrected chi connectivity index (χ3v) is 1.85. The van der Waals surface area contributed by atoms with Crippen molar-refractivity contribution in [2.75, 3.05) is 5.43 Å². The van der Waals surface area contributed by atoms with Crippen molar-refractivity contribution < 1.29 is 0 Å². The Hall–Kier alpha value is -1.94. The highest BCUT2D eigenvalue weighted by molar-refractivity contribution is 5.59. The van der Waals surface area contributed by atoms with Gasteiger partial charge in [0.2, 0.25) is 0 Å². The zero-order chi connectivity index (χ0) is 9.80. The van der Waals surface area contributed by atoms with Gasteiger partial charge in [-0.2, -0.15) is 0 Å². The number of hydrogen-bond acceptors (Lipinski definition) is 4. The van der Waals surface area contributed by atoms with Crippen LogP contribution in [0.25, 0.3) is 11.3 Å². The predicted octanol–water partition coefficient (Wildman–Crippen LogP) is 1.43. The molecule has 4 heteroatoms. The molecule has 0 aliphatic rings. The summed E-state index contributed by atoms with van der Waals surface area (Å²) in [4.78, 5) is 8.29. The van der Waals surface area contributed by atoms with E-state index in [4.69, 9.17) is 5.84 Å². The molecule has 2 rings (SSSR count). The predicted molar refractivity (Wildman–Crippen MR) is 55.3 cm³/mol. The van der Waals surface area contributed by atoms with Gasteiger partial charge in [-0.25, -0.2) is 10.8 Å². The van der Waals surface area contributed by atoms with Crippen LogP contribution in [0.2, 0.25) is 0 Å². The zero-order valence-corrected chi connectivity index (χ0v) is 7.51. The van der Waals surface area contributed by atoms with Crippen LogP contribution in [0.4, 0.5) is 5.82 Å². The fourth-order valence-electron chi connectivity index (χ4n) is 1.18. The summed E-state index contributed by atoms with van der Waals surface area (Å²) < 4.78 is 0. The molecular formula is C10H10N4. The molecule has 1 heterocycles. The lowest BCUT2D eigenvalue weighted by Gasteiger charge is -2.02. The van der Waals surface area contributed by atoms with Crippen molar-refractivity contribution in [2.45, 2.75) is 0 Å². The molecule has 3 N–H and O–H groups in total. The van der Waals surface area contributed by atoms with Crippen LogP contribution in [0.1, 0.15) is 0 Å². The maximum absolute atomic E-state index is 5.24. The van der Waals surface area contributed by atoms with Crippen LogP contribution in [0.3, 0.4) is 0 Å². The Morgan fingerprint density at radius 3 is 2.57 bits per heavy atom. The van der Waals surface area contributed by atoms with E-state index in [9.17, 15) is 0 Å². The van der Waals surface area contributed by atoms with Crippen LogP contribution in [-0.4, -0.2) is 9.97 Å². The van der Waals surface area contributed by atoms with Gasteiger partial charge >= 0.3 is 0 Å². The average molecular weight is 186 g/mol. The molecule has 4 nitrogen and oxygen atoms in total. The quantitative estimate of drug-likeness (QED) is 0.550. The highest BCUT2D eigenvalue weighted by atomic mass is 15.3. The summed E-state index contributed by atoms with van der Waals surface area (Å²) in [5.74, 6) is 5.81. The van der Waals surface area contributed by atoms with Crippen LogP contribution in [0.15, 0.2) is 42.7 Å². The summed E-state index contributed by atoms with van der Waals surface area (Å²) in [6.07, 6.45) is 3.28. The maximum Gasteiger partial charge on any atom is 0.159 e. The number of nitrogens with zero attached hydrogens (tertiary/aromatic N) is 2. The number of anilines is 1. The summed E-state index contributed by atoms with van der Waals surface area (Å²) >= 11 is 0. The van der Waals surface area contributed by atoms with E-state index in [0.29, 0.717) is 5.82 Å². The summed E-state index contributed by atoms with van der Waals surface area (Å²) in [5.41, 5.74) is 4.30. The molecular weight excluding hydrogens is 176 g/mol. The molecule has 0 aliphatic heterocycles. The van der Waals surface area contributed by atoms with Crippen molar-refractivity contribution in [1.29, 1.82) is 0 Å². The maximum atomic E-state index is 5.24. The highest BCUT2D eigenvalue weighted by Crippen LogP contribution is 2.16. The number of aromatic nitrogens is 2. The lowest BCUT2D eigenvalue weighted by Crippen LogP contribution is -2.08. The zero-order valence-electron chi connectivity index (χ0n) is 7.51. The largest absolute Gasteiger partial charge is 0.307 e. The van der Waals surface area contributed by atoms with Gasteiger partial charge in [-0.3, -0.25) is 4.98 Å². The van der Waals surface area contributed by atoms with Gasteiger partial charge in [-0.05, 0) is 0 Å².